The van der Waals surface area contributed by atoms with Crippen LogP contribution in [-0.4, -0.2) is 0 Å². The molecule has 0 spiro atoms. The van der Waals surface area contributed by atoms with Crippen LogP contribution >= 0.6 is 0 Å². The van der Waals surface area contributed by atoms with E-state index in [1.54, 1.807) is 0 Å². The molecule has 3 aromatic rings. The van der Waals surface area contributed by atoms with E-state index in [0.717, 1.165) is 11.5 Å². The Morgan fingerprint density at radius 1 is 0.708 bits per heavy atom. The average Bonchev–Trinajstić information content (AvgIpc) is 2.56. The molecular weight excluding hydrogens is 292 g/mol. The van der Waals surface area contributed by atoms with E-state index in [0.29, 0.717) is 0 Å². The summed E-state index contributed by atoms with van der Waals surface area (Å²) < 4.78 is 6.43. The van der Waals surface area contributed by atoms with Gasteiger partial charge in [0.15, 0.2) is 0 Å². The van der Waals surface area contributed by atoms with Gasteiger partial charge in [0.1, 0.15) is 11.5 Å². The molecule has 0 aliphatic carbocycles. The Morgan fingerprint density at radius 2 is 1.42 bits per heavy atom. The predicted octanol–water partition coefficient (Wildman–Crippen LogP) is 6.40. The van der Waals surface area contributed by atoms with Crippen molar-refractivity contribution in [2.24, 2.45) is 0 Å². The molecular formula is C23H22O. The van der Waals surface area contributed by atoms with Crippen molar-refractivity contribution in [1.29, 1.82) is 0 Å². The van der Waals surface area contributed by atoms with Crippen LogP contribution < -0.4 is 4.74 Å². The van der Waals surface area contributed by atoms with Crippen LogP contribution in [0.3, 0.4) is 0 Å². The van der Waals surface area contributed by atoms with Crippen molar-refractivity contribution in [2.75, 3.05) is 0 Å². The van der Waals surface area contributed by atoms with Crippen LogP contribution in [0.2, 0.25) is 0 Å². The van der Waals surface area contributed by atoms with Crippen LogP contribution in [0, 0.1) is 13.8 Å². The predicted molar refractivity (Wildman–Crippen MR) is 100.0 cm³/mol. The maximum Gasteiger partial charge on any atom is 0.139 e. The maximum absolute atomic E-state index is 6.43. The first-order valence-corrected chi connectivity index (χ1v) is 8.47. The smallest absolute Gasteiger partial charge is 0.139 e. The summed E-state index contributed by atoms with van der Waals surface area (Å²) in [5.74, 6) is 1.98. The molecule has 4 rings (SSSR count). The zero-order chi connectivity index (χ0) is 16.9. The first-order chi connectivity index (χ1) is 11.5. The molecule has 120 valence electrons. The zero-order valence-electron chi connectivity index (χ0n) is 14.7. The molecule has 3 aromatic carbocycles. The Hall–Kier alpha value is -2.54. The number of aryl methyl sites for hydroxylation is 2. The molecule has 0 fully saturated rings. The molecule has 1 heteroatoms. The van der Waals surface area contributed by atoms with Gasteiger partial charge in [0.2, 0.25) is 0 Å². The average molecular weight is 314 g/mol. The van der Waals surface area contributed by atoms with Gasteiger partial charge in [-0.15, -0.1) is 0 Å². The quantitative estimate of drug-likeness (QED) is 0.505. The molecule has 0 atom stereocenters. The molecule has 0 radical (unpaired) electrons. The highest BCUT2D eigenvalue weighted by atomic mass is 16.5. The minimum atomic E-state index is -0.0741. The van der Waals surface area contributed by atoms with Crippen molar-refractivity contribution in [2.45, 2.75) is 33.1 Å². The van der Waals surface area contributed by atoms with Gasteiger partial charge in [-0.2, -0.15) is 0 Å². The van der Waals surface area contributed by atoms with E-state index in [-0.39, 0.29) is 5.41 Å². The lowest BCUT2D eigenvalue weighted by molar-refractivity contribution is 0.419. The van der Waals surface area contributed by atoms with E-state index in [4.69, 9.17) is 4.74 Å². The summed E-state index contributed by atoms with van der Waals surface area (Å²) in [6.07, 6.45) is 0. The van der Waals surface area contributed by atoms with Crippen LogP contribution in [-0.2, 0) is 5.41 Å². The van der Waals surface area contributed by atoms with E-state index in [2.05, 4.69) is 82.3 Å². The van der Waals surface area contributed by atoms with E-state index in [1.165, 1.54) is 33.4 Å². The van der Waals surface area contributed by atoms with Crippen molar-refractivity contribution < 1.29 is 4.74 Å². The second-order valence-electron chi connectivity index (χ2n) is 7.17. The standard InChI is InChI=1S/C23H22O/c1-15-9-5-6-10-17(15)21-16(2)13-14-19-22(21)24-20-12-8-7-11-18(20)23(19,3)4/h5-14H,1-4H3. The van der Waals surface area contributed by atoms with Crippen LogP contribution in [0.5, 0.6) is 11.5 Å². The second-order valence-corrected chi connectivity index (χ2v) is 7.17. The first kappa shape index (κ1) is 15.0. The molecule has 0 bridgehead atoms. The number of fused-ring (bicyclic) bond motifs is 2. The molecule has 0 aromatic heterocycles. The summed E-state index contributed by atoms with van der Waals surface area (Å²) in [7, 11) is 0. The SMILES string of the molecule is Cc1ccccc1-c1c(C)ccc2c1Oc1ccccc1C2(C)C. The fourth-order valence-electron chi connectivity index (χ4n) is 3.79. The maximum atomic E-state index is 6.43. The van der Waals surface area contributed by atoms with Crippen molar-refractivity contribution in [3.63, 3.8) is 0 Å². The highest BCUT2D eigenvalue weighted by Gasteiger charge is 2.35. The lowest BCUT2D eigenvalue weighted by Gasteiger charge is -2.36. The fourth-order valence-corrected chi connectivity index (χ4v) is 3.79. The lowest BCUT2D eigenvalue weighted by atomic mass is 9.74. The third-order valence-electron chi connectivity index (χ3n) is 5.23. The third-order valence-corrected chi connectivity index (χ3v) is 5.23. The molecule has 0 N–H and O–H groups in total. The van der Waals surface area contributed by atoms with Crippen molar-refractivity contribution in [1.82, 2.24) is 0 Å². The summed E-state index contributed by atoms with van der Waals surface area (Å²) in [6.45, 7) is 8.89. The molecule has 1 aliphatic rings. The molecule has 1 nitrogen and oxygen atoms in total. The largest absolute Gasteiger partial charge is 0.456 e. The Labute approximate surface area is 143 Å². The van der Waals surface area contributed by atoms with E-state index in [1.807, 2.05) is 6.07 Å². The molecule has 0 amide bonds. The minimum Gasteiger partial charge on any atom is -0.456 e. The van der Waals surface area contributed by atoms with Gasteiger partial charge < -0.3 is 4.74 Å². The van der Waals surface area contributed by atoms with Crippen LogP contribution in [0.15, 0.2) is 60.7 Å². The summed E-state index contributed by atoms with van der Waals surface area (Å²) in [4.78, 5) is 0. The Morgan fingerprint density at radius 3 is 2.21 bits per heavy atom. The fraction of sp³-hybridized carbons (Fsp3) is 0.217. The second kappa shape index (κ2) is 5.24. The van der Waals surface area contributed by atoms with Gasteiger partial charge in [-0.3, -0.25) is 0 Å². The topological polar surface area (TPSA) is 9.23 Å². The Balaban J connectivity index is 2.03. The van der Waals surface area contributed by atoms with E-state index >= 15 is 0 Å². The van der Waals surface area contributed by atoms with Gasteiger partial charge in [0.05, 0.1) is 0 Å². The number of rotatable bonds is 1. The summed E-state index contributed by atoms with van der Waals surface area (Å²) in [5.41, 5.74) is 7.42. The minimum absolute atomic E-state index is 0.0741. The first-order valence-electron chi connectivity index (χ1n) is 8.47. The van der Waals surface area contributed by atoms with Gasteiger partial charge in [-0.1, -0.05) is 68.4 Å². The number of ether oxygens (including phenoxy) is 1. The summed E-state index contributed by atoms with van der Waals surface area (Å²) in [6, 6.07) is 21.4. The molecule has 1 aliphatic heterocycles. The highest BCUT2D eigenvalue weighted by molar-refractivity contribution is 5.80. The van der Waals surface area contributed by atoms with Crippen LogP contribution in [0.1, 0.15) is 36.1 Å². The van der Waals surface area contributed by atoms with Gasteiger partial charge in [-0.25, -0.2) is 0 Å². The van der Waals surface area contributed by atoms with Crippen LogP contribution in [0.25, 0.3) is 11.1 Å². The Bertz CT molecular complexity index is 935. The molecule has 0 saturated heterocycles. The van der Waals surface area contributed by atoms with Gasteiger partial charge in [0.25, 0.3) is 0 Å². The highest BCUT2D eigenvalue weighted by Crippen LogP contribution is 2.52. The number of benzene rings is 3. The van der Waals surface area contributed by atoms with E-state index in [9.17, 15) is 0 Å². The molecule has 0 saturated carbocycles. The summed E-state index contributed by atoms with van der Waals surface area (Å²) >= 11 is 0. The molecule has 1 heterocycles. The zero-order valence-corrected chi connectivity index (χ0v) is 14.7. The number of hydrogen-bond acceptors (Lipinski definition) is 1. The monoisotopic (exact) mass is 314 g/mol. The third kappa shape index (κ3) is 2.08. The molecule has 0 unspecified atom stereocenters. The number of hydrogen-bond donors (Lipinski definition) is 0. The molecule has 24 heavy (non-hydrogen) atoms. The van der Waals surface area contributed by atoms with E-state index < -0.39 is 0 Å². The van der Waals surface area contributed by atoms with Crippen LogP contribution in [0.4, 0.5) is 0 Å². The Kier molecular flexibility index (Phi) is 3.28. The van der Waals surface area contributed by atoms with Gasteiger partial charge >= 0.3 is 0 Å². The normalized spacial score (nSPS) is 14.5. The summed E-state index contributed by atoms with van der Waals surface area (Å²) in [5, 5.41) is 0. The van der Waals surface area contributed by atoms with Crippen molar-refractivity contribution in [3.8, 4) is 22.6 Å². The number of para-hydroxylation sites is 1. The van der Waals surface area contributed by atoms with Crippen molar-refractivity contribution in [3.05, 3.63) is 82.9 Å². The lowest BCUT2D eigenvalue weighted by Crippen LogP contribution is -2.24. The van der Waals surface area contributed by atoms with Gasteiger partial charge in [-0.05, 0) is 36.6 Å². The van der Waals surface area contributed by atoms with Gasteiger partial charge in [0, 0.05) is 22.1 Å². The van der Waals surface area contributed by atoms with Crippen molar-refractivity contribution >= 4 is 0 Å².